The number of H-pyrrole nitrogens is 1. The number of anilines is 1. The van der Waals surface area contributed by atoms with Gasteiger partial charge in [-0.05, 0) is 12.5 Å². The van der Waals surface area contributed by atoms with Crippen molar-refractivity contribution in [3.05, 3.63) is 46.9 Å². The highest BCUT2D eigenvalue weighted by Crippen LogP contribution is 2.24. The van der Waals surface area contributed by atoms with Gasteiger partial charge in [-0.2, -0.15) is 0 Å². The van der Waals surface area contributed by atoms with Crippen LogP contribution in [0.1, 0.15) is 25.1 Å². The van der Waals surface area contributed by atoms with E-state index in [1.54, 1.807) is 12.4 Å². The fraction of sp³-hybridized carbons (Fsp3) is 0.375. The molecule has 8 nitrogen and oxygen atoms in total. The summed E-state index contributed by atoms with van der Waals surface area (Å²) in [6.07, 6.45) is 3.96. The lowest BCUT2D eigenvalue weighted by atomic mass is 10.2. The van der Waals surface area contributed by atoms with Gasteiger partial charge in [0, 0.05) is 18.8 Å². The van der Waals surface area contributed by atoms with Crippen LogP contribution in [0.5, 0.6) is 0 Å². The van der Waals surface area contributed by atoms with Crippen LogP contribution < -0.4 is 10.5 Å². The quantitative estimate of drug-likeness (QED) is 0.703. The molecule has 0 saturated heterocycles. The number of rotatable bonds is 6. The molecule has 0 aliphatic heterocycles. The van der Waals surface area contributed by atoms with Gasteiger partial charge in [0.2, 0.25) is 5.56 Å². The van der Waals surface area contributed by atoms with E-state index in [1.165, 1.54) is 12.4 Å². The number of fused-ring (bicyclic) bond motifs is 1. The highest BCUT2D eigenvalue weighted by molar-refractivity contribution is 5.83. The van der Waals surface area contributed by atoms with Crippen molar-refractivity contribution in [3.63, 3.8) is 0 Å². The largest absolute Gasteiger partial charge is 0.394 e. The summed E-state index contributed by atoms with van der Waals surface area (Å²) in [5, 5.41) is 9.52. The molecular formula is C16H20N6O2. The summed E-state index contributed by atoms with van der Waals surface area (Å²) in [4.78, 5) is 29.2. The second-order valence-electron chi connectivity index (χ2n) is 5.66. The molecule has 0 aromatic carbocycles. The van der Waals surface area contributed by atoms with E-state index in [9.17, 15) is 9.90 Å². The Hall–Kier alpha value is -2.74. The predicted octanol–water partition coefficient (Wildman–Crippen LogP) is 1.09. The van der Waals surface area contributed by atoms with E-state index >= 15 is 0 Å². The number of aromatic amines is 1. The Morgan fingerprint density at radius 1 is 1.33 bits per heavy atom. The van der Waals surface area contributed by atoms with Gasteiger partial charge in [0.15, 0.2) is 17.0 Å². The van der Waals surface area contributed by atoms with E-state index in [4.69, 9.17) is 0 Å². The molecule has 3 heterocycles. The zero-order chi connectivity index (χ0) is 17.1. The maximum absolute atomic E-state index is 11.4. The monoisotopic (exact) mass is 328 g/mol. The molecule has 0 bridgehead atoms. The van der Waals surface area contributed by atoms with Crippen molar-refractivity contribution in [2.75, 3.05) is 18.6 Å². The molecule has 126 valence electrons. The van der Waals surface area contributed by atoms with Crippen molar-refractivity contribution < 1.29 is 5.11 Å². The number of aliphatic hydroxyl groups is 1. The first kappa shape index (κ1) is 16.1. The first-order valence-corrected chi connectivity index (χ1v) is 7.81. The highest BCUT2D eigenvalue weighted by Gasteiger charge is 2.17. The first-order valence-electron chi connectivity index (χ1n) is 7.81. The summed E-state index contributed by atoms with van der Waals surface area (Å²) >= 11 is 0. The van der Waals surface area contributed by atoms with Crippen LogP contribution in [0.15, 0.2) is 35.6 Å². The van der Waals surface area contributed by atoms with Gasteiger partial charge in [-0.1, -0.05) is 13.0 Å². The van der Waals surface area contributed by atoms with Crippen molar-refractivity contribution in [1.29, 1.82) is 0 Å². The molecule has 0 aliphatic carbocycles. The van der Waals surface area contributed by atoms with Crippen molar-refractivity contribution in [1.82, 2.24) is 24.5 Å². The summed E-state index contributed by atoms with van der Waals surface area (Å²) in [6, 6.07) is 4.99. The Bertz CT molecular complexity index is 883. The third-order valence-electron chi connectivity index (χ3n) is 4.01. The minimum absolute atomic E-state index is 0.0301. The summed E-state index contributed by atoms with van der Waals surface area (Å²) in [5.41, 5.74) is 2.02. The molecule has 3 rings (SSSR count). The van der Waals surface area contributed by atoms with Gasteiger partial charge in [-0.25, -0.2) is 15.0 Å². The minimum Gasteiger partial charge on any atom is -0.394 e. The van der Waals surface area contributed by atoms with Crippen LogP contribution in [0.4, 0.5) is 5.82 Å². The molecule has 0 radical (unpaired) electrons. The van der Waals surface area contributed by atoms with E-state index in [0.717, 1.165) is 12.1 Å². The van der Waals surface area contributed by atoms with Crippen LogP contribution in [0.25, 0.3) is 11.2 Å². The minimum atomic E-state index is -0.133. The number of nitrogens with zero attached hydrogens (tertiary/aromatic N) is 5. The zero-order valence-corrected chi connectivity index (χ0v) is 13.7. The van der Waals surface area contributed by atoms with Crippen LogP contribution in [-0.4, -0.2) is 43.3 Å². The normalized spacial score (nSPS) is 12.5. The number of hydrogen-bond acceptors (Lipinski definition) is 6. The van der Waals surface area contributed by atoms with E-state index in [1.807, 2.05) is 29.5 Å². The summed E-state index contributed by atoms with van der Waals surface area (Å²) in [6.45, 7) is 2.53. The second-order valence-corrected chi connectivity index (χ2v) is 5.66. The average molecular weight is 328 g/mol. The molecule has 8 heteroatoms. The summed E-state index contributed by atoms with van der Waals surface area (Å²) in [5.74, 6) is 0.677. The first-order chi connectivity index (χ1) is 11.6. The lowest BCUT2D eigenvalue weighted by molar-refractivity contribution is 0.226. The molecule has 0 aliphatic rings. The van der Waals surface area contributed by atoms with Gasteiger partial charge in [-0.15, -0.1) is 0 Å². The summed E-state index contributed by atoms with van der Waals surface area (Å²) in [7, 11) is 1.88. The smallest absolute Gasteiger partial charge is 0.248 e. The van der Waals surface area contributed by atoms with Crippen molar-refractivity contribution in [2.24, 2.45) is 0 Å². The van der Waals surface area contributed by atoms with E-state index < -0.39 is 0 Å². The third kappa shape index (κ3) is 3.00. The lowest BCUT2D eigenvalue weighted by Gasteiger charge is -2.18. The van der Waals surface area contributed by atoms with Crippen molar-refractivity contribution in [2.45, 2.75) is 25.9 Å². The summed E-state index contributed by atoms with van der Waals surface area (Å²) < 4.78 is 1.87. The molecule has 0 amide bonds. The van der Waals surface area contributed by atoms with Gasteiger partial charge in [0.1, 0.15) is 6.33 Å². The molecular weight excluding hydrogens is 308 g/mol. The van der Waals surface area contributed by atoms with Gasteiger partial charge < -0.3 is 19.6 Å². The van der Waals surface area contributed by atoms with E-state index in [-0.39, 0.29) is 18.2 Å². The van der Waals surface area contributed by atoms with Gasteiger partial charge in [-0.3, -0.25) is 4.79 Å². The number of imidazole rings is 1. The SMILES string of the molecule is CC[C@H](CO)n1cnc2c(N(C)Cc3cccc(=O)[nH]3)ncnc21. The second kappa shape index (κ2) is 6.79. The van der Waals surface area contributed by atoms with Crippen LogP contribution in [0, 0.1) is 0 Å². The molecule has 0 saturated carbocycles. The highest BCUT2D eigenvalue weighted by atomic mass is 16.3. The molecule has 0 unspecified atom stereocenters. The van der Waals surface area contributed by atoms with Gasteiger partial charge in [0.25, 0.3) is 0 Å². The van der Waals surface area contributed by atoms with Crippen LogP contribution in [0.3, 0.4) is 0 Å². The topological polar surface area (TPSA) is 99.9 Å². The maximum atomic E-state index is 11.4. The van der Waals surface area contributed by atoms with Crippen LogP contribution in [0.2, 0.25) is 0 Å². The van der Waals surface area contributed by atoms with Crippen molar-refractivity contribution >= 4 is 17.0 Å². The number of hydrogen-bond donors (Lipinski definition) is 2. The van der Waals surface area contributed by atoms with Gasteiger partial charge >= 0.3 is 0 Å². The molecule has 1 atom stereocenters. The molecule has 3 aromatic rings. The average Bonchev–Trinajstić information content (AvgIpc) is 3.00. The Labute approximate surface area is 138 Å². The van der Waals surface area contributed by atoms with Crippen LogP contribution in [-0.2, 0) is 6.54 Å². The Kier molecular flexibility index (Phi) is 4.57. The maximum Gasteiger partial charge on any atom is 0.248 e. The number of aliphatic hydroxyl groups excluding tert-OH is 1. The zero-order valence-electron chi connectivity index (χ0n) is 13.7. The fourth-order valence-corrected chi connectivity index (χ4v) is 2.72. The van der Waals surface area contributed by atoms with Crippen LogP contribution >= 0.6 is 0 Å². The predicted molar refractivity (Wildman–Crippen MR) is 90.9 cm³/mol. The molecule has 24 heavy (non-hydrogen) atoms. The molecule has 0 spiro atoms. The standard InChI is InChI=1S/C16H20N6O2/c1-3-12(8-23)22-10-19-14-15(17-9-18-16(14)22)21(2)7-11-5-4-6-13(24)20-11/h4-6,9-10,12,23H,3,7-8H2,1-2H3,(H,20,24)/t12-/m1/s1. The Balaban J connectivity index is 1.96. The Morgan fingerprint density at radius 3 is 2.88 bits per heavy atom. The third-order valence-corrected chi connectivity index (χ3v) is 4.01. The van der Waals surface area contributed by atoms with E-state index in [2.05, 4.69) is 19.9 Å². The number of aromatic nitrogens is 5. The van der Waals surface area contributed by atoms with E-state index in [0.29, 0.717) is 23.5 Å². The number of pyridine rings is 1. The number of nitrogens with one attached hydrogen (secondary N) is 1. The molecule has 2 N–H and O–H groups in total. The fourth-order valence-electron chi connectivity index (χ4n) is 2.72. The molecule has 0 fully saturated rings. The molecule has 3 aromatic heterocycles. The van der Waals surface area contributed by atoms with Gasteiger partial charge in [0.05, 0.1) is 25.5 Å². The van der Waals surface area contributed by atoms with Crippen molar-refractivity contribution in [3.8, 4) is 0 Å². The lowest BCUT2D eigenvalue weighted by Crippen LogP contribution is -2.21. The Morgan fingerprint density at radius 2 is 2.17 bits per heavy atom.